The van der Waals surface area contributed by atoms with Crippen LogP contribution in [0.3, 0.4) is 0 Å². The van der Waals surface area contributed by atoms with E-state index in [9.17, 15) is 4.79 Å². The number of ether oxygens (including phenoxy) is 1. The van der Waals surface area contributed by atoms with Gasteiger partial charge in [-0.05, 0) is 46.3 Å². The van der Waals surface area contributed by atoms with Crippen LogP contribution in [-0.2, 0) is 11.3 Å². The topological polar surface area (TPSA) is 69.2 Å². The number of carbonyl (C=O) groups excluding carboxylic acids is 1. The van der Waals surface area contributed by atoms with Crippen molar-refractivity contribution in [3.8, 4) is 5.75 Å². The number of nitrogens with zero attached hydrogens (tertiary/aromatic N) is 3. The molecule has 2 fully saturated rings. The van der Waals surface area contributed by atoms with Gasteiger partial charge in [0, 0.05) is 43.7 Å². The second kappa shape index (κ2) is 12.7. The van der Waals surface area contributed by atoms with Crippen molar-refractivity contribution >= 4 is 11.9 Å². The lowest BCUT2D eigenvalue weighted by molar-refractivity contribution is -0.135. The third-order valence-corrected chi connectivity index (χ3v) is 6.32. The highest BCUT2D eigenvalue weighted by atomic mass is 16.5. The van der Waals surface area contributed by atoms with E-state index in [2.05, 4.69) is 33.4 Å². The number of guanidine groups is 1. The first kappa shape index (κ1) is 24.4. The lowest BCUT2D eigenvalue weighted by Crippen LogP contribution is -2.45. The van der Waals surface area contributed by atoms with Crippen LogP contribution < -0.4 is 15.4 Å². The normalized spacial score (nSPS) is 19.9. The van der Waals surface area contributed by atoms with Gasteiger partial charge < -0.3 is 25.2 Å². The van der Waals surface area contributed by atoms with Crippen molar-refractivity contribution in [2.45, 2.75) is 58.0 Å². The van der Waals surface area contributed by atoms with E-state index >= 15 is 0 Å². The van der Waals surface area contributed by atoms with Gasteiger partial charge in [-0.1, -0.05) is 37.5 Å². The molecule has 1 aromatic carbocycles. The molecule has 1 atom stereocenters. The Bertz CT molecular complexity index is 746. The van der Waals surface area contributed by atoms with Crippen LogP contribution in [0, 0.1) is 5.92 Å². The van der Waals surface area contributed by atoms with Crippen molar-refractivity contribution in [1.29, 1.82) is 0 Å². The standard InChI is InChI=1S/C25H41N5O2/c1-4-26-25(27-18-21-12-8-9-13-23(21)32-17-16-29(2)3)28-22-14-15-30(19-22)24(31)20-10-6-5-7-11-20/h8-9,12-13,20,22H,4-7,10-11,14-19H2,1-3H3,(H2,26,27,28). The predicted octanol–water partition coefficient (Wildman–Crippen LogP) is 2.86. The molecule has 0 bridgehead atoms. The maximum Gasteiger partial charge on any atom is 0.225 e. The molecule has 0 spiro atoms. The number of nitrogens with one attached hydrogen (secondary N) is 2. The third kappa shape index (κ3) is 7.40. The number of carbonyl (C=O) groups is 1. The highest BCUT2D eigenvalue weighted by Gasteiger charge is 2.31. The van der Waals surface area contributed by atoms with Crippen LogP contribution >= 0.6 is 0 Å². The van der Waals surface area contributed by atoms with Crippen LogP contribution in [0.5, 0.6) is 5.75 Å². The zero-order chi connectivity index (χ0) is 22.8. The van der Waals surface area contributed by atoms with E-state index in [0.29, 0.717) is 19.1 Å². The number of para-hydroxylation sites is 1. The molecule has 0 radical (unpaired) electrons. The smallest absolute Gasteiger partial charge is 0.225 e. The van der Waals surface area contributed by atoms with Gasteiger partial charge in [0.15, 0.2) is 5.96 Å². The molecule has 178 valence electrons. The fourth-order valence-electron chi connectivity index (χ4n) is 4.48. The molecule has 1 heterocycles. The minimum atomic E-state index is 0.243. The molecule has 2 aliphatic rings. The molecule has 1 aliphatic carbocycles. The van der Waals surface area contributed by atoms with Crippen molar-refractivity contribution in [2.24, 2.45) is 10.9 Å². The Morgan fingerprint density at radius 1 is 1.19 bits per heavy atom. The number of hydrogen-bond acceptors (Lipinski definition) is 4. The van der Waals surface area contributed by atoms with Crippen LogP contribution in [0.1, 0.15) is 51.0 Å². The van der Waals surface area contributed by atoms with E-state index in [4.69, 9.17) is 9.73 Å². The Hall–Kier alpha value is -2.28. The van der Waals surface area contributed by atoms with Crippen LogP contribution in [0.2, 0.25) is 0 Å². The summed E-state index contributed by atoms with van der Waals surface area (Å²) >= 11 is 0. The zero-order valence-corrected chi connectivity index (χ0v) is 20.1. The molecular formula is C25H41N5O2. The van der Waals surface area contributed by atoms with E-state index in [0.717, 1.165) is 62.7 Å². The first-order valence-electron chi connectivity index (χ1n) is 12.3. The monoisotopic (exact) mass is 443 g/mol. The number of rotatable bonds is 9. The zero-order valence-electron chi connectivity index (χ0n) is 20.1. The molecule has 3 rings (SSSR count). The fraction of sp³-hybridized carbons (Fsp3) is 0.680. The van der Waals surface area contributed by atoms with Gasteiger partial charge >= 0.3 is 0 Å². The number of amides is 1. The quantitative estimate of drug-likeness (QED) is 0.454. The molecule has 1 aliphatic heterocycles. The summed E-state index contributed by atoms with van der Waals surface area (Å²) in [6.07, 6.45) is 6.77. The largest absolute Gasteiger partial charge is 0.492 e. The van der Waals surface area contributed by atoms with E-state index in [1.165, 1.54) is 19.3 Å². The molecular weight excluding hydrogens is 402 g/mol. The Balaban J connectivity index is 1.55. The van der Waals surface area contributed by atoms with Crippen LogP contribution in [0.4, 0.5) is 0 Å². The van der Waals surface area contributed by atoms with Gasteiger partial charge in [-0.3, -0.25) is 4.79 Å². The van der Waals surface area contributed by atoms with Crippen LogP contribution in [-0.4, -0.2) is 74.6 Å². The molecule has 1 unspecified atom stereocenters. The van der Waals surface area contributed by atoms with Gasteiger partial charge in [-0.15, -0.1) is 0 Å². The summed E-state index contributed by atoms with van der Waals surface area (Å²) in [5, 5.41) is 6.90. The molecule has 32 heavy (non-hydrogen) atoms. The molecule has 7 heteroatoms. The lowest BCUT2D eigenvalue weighted by Gasteiger charge is -2.26. The number of likely N-dealkylation sites (N-methyl/N-ethyl adjacent to an activating group) is 1. The minimum absolute atomic E-state index is 0.243. The fourth-order valence-corrected chi connectivity index (χ4v) is 4.48. The minimum Gasteiger partial charge on any atom is -0.492 e. The van der Waals surface area contributed by atoms with Gasteiger partial charge in [0.2, 0.25) is 5.91 Å². The molecule has 1 amide bonds. The summed E-state index contributed by atoms with van der Waals surface area (Å²) in [6.45, 7) is 6.55. The molecule has 1 saturated heterocycles. The first-order chi connectivity index (χ1) is 15.6. The van der Waals surface area contributed by atoms with Gasteiger partial charge in [-0.25, -0.2) is 4.99 Å². The van der Waals surface area contributed by atoms with Gasteiger partial charge in [0.05, 0.1) is 6.54 Å². The molecule has 1 aromatic rings. The maximum atomic E-state index is 12.9. The van der Waals surface area contributed by atoms with Crippen molar-refractivity contribution in [3.05, 3.63) is 29.8 Å². The highest BCUT2D eigenvalue weighted by Crippen LogP contribution is 2.27. The number of benzene rings is 1. The summed E-state index contributed by atoms with van der Waals surface area (Å²) in [4.78, 5) is 21.9. The summed E-state index contributed by atoms with van der Waals surface area (Å²) in [5.74, 6) is 2.29. The summed E-state index contributed by atoms with van der Waals surface area (Å²) in [6, 6.07) is 8.34. The van der Waals surface area contributed by atoms with Crippen molar-refractivity contribution in [1.82, 2.24) is 20.4 Å². The summed E-state index contributed by atoms with van der Waals surface area (Å²) < 4.78 is 5.98. The average molecular weight is 444 g/mol. The molecule has 0 aromatic heterocycles. The number of hydrogen-bond donors (Lipinski definition) is 2. The van der Waals surface area contributed by atoms with E-state index < -0.39 is 0 Å². The van der Waals surface area contributed by atoms with Crippen LogP contribution in [0.15, 0.2) is 29.3 Å². The summed E-state index contributed by atoms with van der Waals surface area (Å²) in [7, 11) is 4.08. The van der Waals surface area contributed by atoms with E-state index in [1.54, 1.807) is 0 Å². The average Bonchev–Trinajstić information content (AvgIpc) is 3.27. The van der Waals surface area contributed by atoms with Gasteiger partial charge in [-0.2, -0.15) is 0 Å². The SMILES string of the molecule is CCNC(=NCc1ccccc1OCCN(C)C)NC1CCN(C(=O)C2CCCCC2)C1. The second-order valence-electron chi connectivity index (χ2n) is 9.20. The lowest BCUT2D eigenvalue weighted by atomic mass is 9.88. The van der Waals surface area contributed by atoms with Crippen molar-refractivity contribution in [2.75, 3.05) is 46.9 Å². The molecule has 2 N–H and O–H groups in total. The second-order valence-corrected chi connectivity index (χ2v) is 9.20. The van der Waals surface area contributed by atoms with Crippen molar-refractivity contribution < 1.29 is 9.53 Å². The molecule has 7 nitrogen and oxygen atoms in total. The Morgan fingerprint density at radius 2 is 1.97 bits per heavy atom. The van der Waals surface area contributed by atoms with Crippen molar-refractivity contribution in [3.63, 3.8) is 0 Å². The predicted molar refractivity (Wildman–Crippen MR) is 130 cm³/mol. The number of aliphatic imine (C=N–C) groups is 1. The van der Waals surface area contributed by atoms with Gasteiger partial charge in [0.1, 0.15) is 12.4 Å². The van der Waals surface area contributed by atoms with Gasteiger partial charge in [0.25, 0.3) is 0 Å². The Labute approximate surface area is 193 Å². The third-order valence-electron chi connectivity index (χ3n) is 6.32. The first-order valence-corrected chi connectivity index (χ1v) is 12.3. The summed E-state index contributed by atoms with van der Waals surface area (Å²) in [5.41, 5.74) is 1.07. The highest BCUT2D eigenvalue weighted by molar-refractivity contribution is 5.81. The Kier molecular flexibility index (Phi) is 9.65. The Morgan fingerprint density at radius 3 is 2.72 bits per heavy atom. The maximum absolute atomic E-state index is 12.9. The van der Waals surface area contributed by atoms with Crippen LogP contribution in [0.25, 0.3) is 0 Å². The molecule has 1 saturated carbocycles. The number of likely N-dealkylation sites (tertiary alicyclic amines) is 1. The van der Waals surface area contributed by atoms with E-state index in [-0.39, 0.29) is 12.0 Å². The van der Waals surface area contributed by atoms with E-state index in [1.807, 2.05) is 32.3 Å².